The van der Waals surface area contributed by atoms with E-state index in [0.717, 1.165) is 24.3 Å². The molecule has 2 N–H and O–H groups in total. The molecule has 0 amide bonds. The van der Waals surface area contributed by atoms with Crippen molar-refractivity contribution in [1.82, 2.24) is 15.0 Å². The Morgan fingerprint density at radius 1 is 0.636 bits per heavy atom. The maximum absolute atomic E-state index is 13.5. The van der Waals surface area contributed by atoms with Crippen LogP contribution in [0.2, 0.25) is 0 Å². The molecule has 2 heterocycles. The number of halogens is 6. The molecule has 4 aromatic rings. The Morgan fingerprint density at radius 3 is 1.91 bits per heavy atom. The minimum Gasteiger partial charge on any atom is -0.384 e. The van der Waals surface area contributed by atoms with Crippen LogP contribution in [0.1, 0.15) is 11.3 Å². The molecule has 0 saturated heterocycles. The van der Waals surface area contributed by atoms with Gasteiger partial charge in [0.05, 0.1) is 11.3 Å². The van der Waals surface area contributed by atoms with Crippen molar-refractivity contribution in [1.29, 1.82) is 0 Å². The zero-order chi connectivity index (χ0) is 23.8. The highest BCUT2D eigenvalue weighted by atomic mass is 19.4. The van der Waals surface area contributed by atoms with Crippen LogP contribution in [0.25, 0.3) is 33.8 Å². The summed E-state index contributed by atoms with van der Waals surface area (Å²) in [5.74, 6) is 0.0993. The first-order chi connectivity index (χ1) is 15.5. The molecular formula is C23H14F6N4. The van der Waals surface area contributed by atoms with Crippen LogP contribution < -0.4 is 5.73 Å². The smallest absolute Gasteiger partial charge is 0.384 e. The number of hydrogen-bond acceptors (Lipinski definition) is 4. The van der Waals surface area contributed by atoms with Crippen LogP contribution in [0.3, 0.4) is 0 Å². The highest BCUT2D eigenvalue weighted by molar-refractivity contribution is 5.71. The molecule has 168 valence electrons. The molecule has 2 aromatic heterocycles. The Balaban J connectivity index is 1.81. The summed E-state index contributed by atoms with van der Waals surface area (Å²) in [6, 6.07) is 14.2. The van der Waals surface area contributed by atoms with Crippen molar-refractivity contribution in [3.63, 3.8) is 0 Å². The van der Waals surface area contributed by atoms with Gasteiger partial charge in [-0.25, -0.2) is 15.0 Å². The van der Waals surface area contributed by atoms with Crippen LogP contribution in [0.5, 0.6) is 0 Å². The lowest BCUT2D eigenvalue weighted by Gasteiger charge is -2.12. The number of nitrogens with zero attached hydrogens (tertiary/aromatic N) is 3. The molecule has 0 radical (unpaired) electrons. The molecule has 0 spiro atoms. The predicted molar refractivity (Wildman–Crippen MR) is 111 cm³/mol. The largest absolute Gasteiger partial charge is 0.433 e. The molecule has 0 aliphatic heterocycles. The van der Waals surface area contributed by atoms with E-state index in [1.807, 2.05) is 0 Å². The second-order valence-corrected chi connectivity index (χ2v) is 7.09. The minimum atomic E-state index is -4.78. The number of pyridine rings is 1. The average molecular weight is 460 g/mol. The normalized spacial score (nSPS) is 12.1. The van der Waals surface area contributed by atoms with Gasteiger partial charge in [-0.2, -0.15) is 26.3 Å². The van der Waals surface area contributed by atoms with Crippen molar-refractivity contribution in [2.75, 3.05) is 5.73 Å². The van der Waals surface area contributed by atoms with Crippen LogP contribution in [-0.2, 0) is 12.4 Å². The fourth-order valence-electron chi connectivity index (χ4n) is 3.11. The molecule has 0 fully saturated rings. The second-order valence-electron chi connectivity index (χ2n) is 7.09. The third-order valence-corrected chi connectivity index (χ3v) is 4.77. The first-order valence-electron chi connectivity index (χ1n) is 9.47. The summed E-state index contributed by atoms with van der Waals surface area (Å²) in [5.41, 5.74) is 5.03. The van der Waals surface area contributed by atoms with Crippen LogP contribution >= 0.6 is 0 Å². The number of nitrogen functional groups attached to an aromatic ring is 1. The summed E-state index contributed by atoms with van der Waals surface area (Å²) < 4.78 is 79.1. The number of rotatable bonds is 3. The summed E-state index contributed by atoms with van der Waals surface area (Å²) in [6.07, 6.45) is -7.82. The predicted octanol–water partition coefficient (Wildman–Crippen LogP) is 6.49. The van der Waals surface area contributed by atoms with Crippen molar-refractivity contribution < 1.29 is 26.3 Å². The third kappa shape index (κ3) is 4.94. The van der Waals surface area contributed by atoms with Gasteiger partial charge in [0.25, 0.3) is 0 Å². The molecule has 33 heavy (non-hydrogen) atoms. The molecular weight excluding hydrogens is 446 g/mol. The van der Waals surface area contributed by atoms with E-state index in [-0.39, 0.29) is 17.1 Å². The minimum absolute atomic E-state index is 0.0936. The quantitative estimate of drug-likeness (QED) is 0.355. The van der Waals surface area contributed by atoms with Gasteiger partial charge >= 0.3 is 12.4 Å². The summed E-state index contributed by atoms with van der Waals surface area (Å²) >= 11 is 0. The monoisotopic (exact) mass is 460 g/mol. The van der Waals surface area contributed by atoms with Crippen molar-refractivity contribution in [3.8, 4) is 33.8 Å². The van der Waals surface area contributed by atoms with Gasteiger partial charge in [0.1, 0.15) is 11.5 Å². The number of anilines is 1. The number of benzene rings is 2. The topological polar surface area (TPSA) is 64.7 Å². The Labute approximate surface area is 183 Å². The van der Waals surface area contributed by atoms with Gasteiger partial charge in [-0.05, 0) is 42.0 Å². The standard InChI is InChI=1S/C23H14F6N4/c24-22(25,26)17-7-4-13(5-8-17)18-11-19(23(27,28)29)33-21(32-18)15-3-1-2-14(10-15)16-6-9-20(30)31-12-16/h1-12H,(H2,30,31). The summed E-state index contributed by atoms with van der Waals surface area (Å²) in [4.78, 5) is 11.9. The molecule has 0 bridgehead atoms. The molecule has 0 unspecified atom stereocenters. The SMILES string of the molecule is Nc1ccc(-c2cccc(-c3nc(-c4ccc(C(F)(F)F)cc4)cc(C(F)(F)F)n3)c2)cn1. The average Bonchev–Trinajstić information content (AvgIpc) is 2.78. The summed E-state index contributed by atoms with van der Waals surface area (Å²) in [6.45, 7) is 0. The van der Waals surface area contributed by atoms with E-state index in [4.69, 9.17) is 5.73 Å². The van der Waals surface area contributed by atoms with E-state index < -0.39 is 23.6 Å². The molecule has 10 heteroatoms. The lowest BCUT2D eigenvalue weighted by molar-refractivity contribution is -0.141. The Morgan fingerprint density at radius 2 is 1.30 bits per heavy atom. The van der Waals surface area contributed by atoms with E-state index in [2.05, 4.69) is 15.0 Å². The highest BCUT2D eigenvalue weighted by Crippen LogP contribution is 2.34. The lowest BCUT2D eigenvalue weighted by Crippen LogP contribution is -2.10. The van der Waals surface area contributed by atoms with Gasteiger partial charge < -0.3 is 5.73 Å². The van der Waals surface area contributed by atoms with Gasteiger partial charge in [-0.15, -0.1) is 0 Å². The van der Waals surface area contributed by atoms with Gasteiger partial charge in [0.2, 0.25) is 0 Å². The molecule has 4 rings (SSSR count). The molecule has 0 atom stereocenters. The Hall–Kier alpha value is -3.95. The van der Waals surface area contributed by atoms with Crippen LogP contribution in [0.15, 0.2) is 72.9 Å². The summed E-state index contributed by atoms with van der Waals surface area (Å²) in [7, 11) is 0. The lowest BCUT2D eigenvalue weighted by atomic mass is 10.0. The third-order valence-electron chi connectivity index (χ3n) is 4.77. The van der Waals surface area contributed by atoms with E-state index in [0.29, 0.717) is 28.6 Å². The first-order valence-corrected chi connectivity index (χ1v) is 9.47. The van der Waals surface area contributed by atoms with E-state index in [1.165, 1.54) is 6.20 Å². The number of nitrogens with two attached hydrogens (primary N) is 1. The zero-order valence-electron chi connectivity index (χ0n) is 16.6. The van der Waals surface area contributed by atoms with Crippen LogP contribution in [-0.4, -0.2) is 15.0 Å². The summed E-state index contributed by atoms with van der Waals surface area (Å²) in [5, 5.41) is 0. The van der Waals surface area contributed by atoms with Crippen LogP contribution in [0.4, 0.5) is 32.2 Å². The maximum Gasteiger partial charge on any atom is 0.433 e. The number of aromatic nitrogens is 3. The Kier molecular flexibility index (Phi) is 5.52. The van der Waals surface area contributed by atoms with E-state index in [1.54, 1.807) is 36.4 Å². The molecule has 2 aromatic carbocycles. The van der Waals surface area contributed by atoms with Crippen LogP contribution in [0, 0.1) is 0 Å². The fraction of sp³-hybridized carbons (Fsp3) is 0.0870. The zero-order valence-corrected chi connectivity index (χ0v) is 16.6. The van der Waals surface area contributed by atoms with Gasteiger partial charge in [-0.1, -0.05) is 30.3 Å². The first kappa shape index (κ1) is 22.3. The maximum atomic E-state index is 13.5. The number of alkyl halides is 6. The molecule has 0 saturated carbocycles. The van der Waals surface area contributed by atoms with Crippen molar-refractivity contribution >= 4 is 5.82 Å². The second kappa shape index (κ2) is 8.19. The molecule has 0 aliphatic carbocycles. The van der Waals surface area contributed by atoms with Gasteiger partial charge in [0.15, 0.2) is 5.82 Å². The fourth-order valence-corrected chi connectivity index (χ4v) is 3.11. The molecule has 0 aliphatic rings. The Bertz CT molecular complexity index is 1280. The van der Waals surface area contributed by atoms with E-state index >= 15 is 0 Å². The number of hydrogen-bond donors (Lipinski definition) is 1. The van der Waals surface area contributed by atoms with Gasteiger partial charge in [0, 0.05) is 22.9 Å². The molecule has 4 nitrogen and oxygen atoms in total. The van der Waals surface area contributed by atoms with Crippen molar-refractivity contribution in [2.24, 2.45) is 0 Å². The van der Waals surface area contributed by atoms with E-state index in [9.17, 15) is 26.3 Å². The highest BCUT2D eigenvalue weighted by Gasteiger charge is 2.34. The van der Waals surface area contributed by atoms with Gasteiger partial charge in [-0.3, -0.25) is 0 Å². The van der Waals surface area contributed by atoms with Crippen molar-refractivity contribution in [2.45, 2.75) is 12.4 Å². The van der Waals surface area contributed by atoms with Crippen molar-refractivity contribution in [3.05, 3.63) is 84.2 Å².